The maximum absolute atomic E-state index is 11.8. The third kappa shape index (κ3) is 3.04. The molecule has 0 bridgehead atoms. The van der Waals surface area contributed by atoms with Gasteiger partial charge in [-0.05, 0) is 12.7 Å². The summed E-state index contributed by atoms with van der Waals surface area (Å²) in [6.45, 7) is 2.65. The largest absolute Gasteiger partial charge is 0.464 e. The number of nitrogen functional groups attached to an aromatic ring is 1. The highest BCUT2D eigenvalue weighted by Crippen LogP contribution is 2.30. The minimum absolute atomic E-state index is 0.136. The summed E-state index contributed by atoms with van der Waals surface area (Å²) >= 11 is 1.55. The molecule has 0 fully saturated rings. The van der Waals surface area contributed by atoms with Crippen molar-refractivity contribution in [2.24, 2.45) is 0 Å². The van der Waals surface area contributed by atoms with Crippen LogP contribution < -0.4 is 5.73 Å². The van der Waals surface area contributed by atoms with Crippen molar-refractivity contribution in [3.63, 3.8) is 0 Å². The van der Waals surface area contributed by atoms with Crippen molar-refractivity contribution in [2.75, 3.05) is 18.6 Å². The Bertz CT molecular complexity index is 612. The fourth-order valence-electron chi connectivity index (χ4n) is 1.90. The monoisotopic (exact) mass is 294 g/mol. The molecule has 0 aliphatic heterocycles. The normalized spacial score (nSPS) is 10.9. The van der Waals surface area contributed by atoms with Crippen LogP contribution in [0, 0.1) is 0 Å². The van der Waals surface area contributed by atoms with Gasteiger partial charge in [-0.25, -0.2) is 9.97 Å². The molecule has 2 N–H and O–H groups in total. The molecule has 108 valence electrons. The van der Waals surface area contributed by atoms with E-state index in [1.807, 2.05) is 12.5 Å². The van der Waals surface area contributed by atoms with E-state index >= 15 is 0 Å². The predicted octanol–water partition coefficient (Wildman–Crippen LogP) is 2.08. The van der Waals surface area contributed by atoms with Gasteiger partial charge < -0.3 is 15.0 Å². The van der Waals surface area contributed by atoms with Crippen LogP contribution in [0.15, 0.2) is 17.4 Å². The predicted molar refractivity (Wildman–Crippen MR) is 79.6 cm³/mol. The third-order valence-corrected chi connectivity index (χ3v) is 3.68. The smallest absolute Gasteiger partial charge is 0.326 e. The fourth-order valence-corrected chi connectivity index (χ4v) is 2.53. The minimum Gasteiger partial charge on any atom is -0.464 e. The van der Waals surface area contributed by atoms with E-state index in [2.05, 4.69) is 16.9 Å². The van der Waals surface area contributed by atoms with Gasteiger partial charge in [-0.15, -0.1) is 11.8 Å². The zero-order valence-corrected chi connectivity index (χ0v) is 12.4. The molecule has 6 nitrogen and oxygen atoms in total. The second-order valence-electron chi connectivity index (χ2n) is 4.36. The summed E-state index contributed by atoms with van der Waals surface area (Å²) in [6, 6.07) is 0. The maximum atomic E-state index is 11.8. The molecule has 2 aromatic rings. The first-order valence-corrected chi connectivity index (χ1v) is 7.68. The number of hydrogen-bond donors (Lipinski definition) is 1. The Balaban J connectivity index is 2.22. The van der Waals surface area contributed by atoms with Gasteiger partial charge in [-0.1, -0.05) is 13.3 Å². The number of thioether (sulfide) groups is 1. The number of anilines is 1. The van der Waals surface area contributed by atoms with E-state index in [4.69, 9.17) is 10.5 Å². The van der Waals surface area contributed by atoms with Gasteiger partial charge >= 0.3 is 5.97 Å². The Kier molecular flexibility index (Phi) is 4.84. The number of rotatable bonds is 6. The number of nitrogens with two attached hydrogens (primary N) is 1. The van der Waals surface area contributed by atoms with Crippen LogP contribution in [0.2, 0.25) is 0 Å². The van der Waals surface area contributed by atoms with Crippen LogP contribution in [0.1, 0.15) is 19.8 Å². The lowest BCUT2D eigenvalue weighted by molar-refractivity contribution is -0.144. The highest BCUT2D eigenvalue weighted by atomic mass is 32.2. The van der Waals surface area contributed by atoms with Gasteiger partial charge in [-0.3, -0.25) is 4.79 Å². The van der Waals surface area contributed by atoms with Crippen LogP contribution in [0.3, 0.4) is 0 Å². The summed E-state index contributed by atoms with van der Waals surface area (Å²) in [4.78, 5) is 21.0. The van der Waals surface area contributed by atoms with E-state index in [1.165, 1.54) is 6.33 Å². The Hall–Kier alpha value is -1.76. The van der Waals surface area contributed by atoms with E-state index < -0.39 is 0 Å². The van der Waals surface area contributed by atoms with Gasteiger partial charge in [0.15, 0.2) is 0 Å². The summed E-state index contributed by atoms with van der Waals surface area (Å²) < 4.78 is 6.92. The van der Waals surface area contributed by atoms with E-state index in [9.17, 15) is 4.79 Å². The van der Waals surface area contributed by atoms with Gasteiger partial charge in [0, 0.05) is 11.1 Å². The molecule has 2 aromatic heterocycles. The Labute approximate surface area is 121 Å². The van der Waals surface area contributed by atoms with Crippen LogP contribution in [0.5, 0.6) is 0 Å². The number of ether oxygens (including phenoxy) is 1. The number of aromatic nitrogens is 3. The van der Waals surface area contributed by atoms with Gasteiger partial charge in [0.25, 0.3) is 0 Å². The number of carbonyl (C=O) groups is 1. The molecule has 0 saturated carbocycles. The van der Waals surface area contributed by atoms with Gasteiger partial charge in [0.2, 0.25) is 0 Å². The highest BCUT2D eigenvalue weighted by Gasteiger charge is 2.15. The van der Waals surface area contributed by atoms with Gasteiger partial charge in [-0.2, -0.15) is 0 Å². The van der Waals surface area contributed by atoms with Crippen LogP contribution >= 0.6 is 11.8 Å². The molecule has 0 spiro atoms. The molecule has 0 amide bonds. The molecule has 20 heavy (non-hydrogen) atoms. The summed E-state index contributed by atoms with van der Waals surface area (Å²) in [6.07, 6.45) is 7.09. The molecule has 2 rings (SSSR count). The van der Waals surface area contributed by atoms with Crippen LogP contribution in [-0.2, 0) is 16.1 Å². The van der Waals surface area contributed by atoms with Crippen LogP contribution in [0.25, 0.3) is 11.0 Å². The van der Waals surface area contributed by atoms with E-state index in [1.54, 1.807) is 16.3 Å². The van der Waals surface area contributed by atoms with Crippen molar-refractivity contribution >= 4 is 34.6 Å². The average Bonchev–Trinajstić information content (AvgIpc) is 2.79. The number of fused-ring (bicyclic) bond motifs is 1. The van der Waals surface area contributed by atoms with Crippen LogP contribution in [-0.4, -0.2) is 33.4 Å². The molecule has 0 unspecified atom stereocenters. The van der Waals surface area contributed by atoms with E-state index in [0.717, 1.165) is 23.1 Å². The first-order valence-electron chi connectivity index (χ1n) is 6.46. The fraction of sp³-hybridized carbons (Fsp3) is 0.462. The summed E-state index contributed by atoms with van der Waals surface area (Å²) in [5.74, 6) is 0.164. The van der Waals surface area contributed by atoms with E-state index in [-0.39, 0.29) is 12.5 Å². The summed E-state index contributed by atoms with van der Waals surface area (Å²) in [5.41, 5.74) is 6.54. The van der Waals surface area contributed by atoms with Crippen molar-refractivity contribution in [3.8, 4) is 0 Å². The van der Waals surface area contributed by atoms with Crippen molar-refractivity contribution in [1.29, 1.82) is 0 Å². The number of nitrogens with zero attached hydrogens (tertiary/aromatic N) is 3. The average molecular weight is 294 g/mol. The molecular weight excluding hydrogens is 276 g/mol. The Morgan fingerprint density at radius 3 is 3.00 bits per heavy atom. The summed E-state index contributed by atoms with van der Waals surface area (Å²) in [7, 11) is 0. The Morgan fingerprint density at radius 1 is 1.50 bits per heavy atom. The quantitative estimate of drug-likeness (QED) is 0.499. The molecule has 0 aromatic carbocycles. The molecule has 0 saturated heterocycles. The molecule has 7 heteroatoms. The van der Waals surface area contributed by atoms with Gasteiger partial charge in [0.1, 0.15) is 24.3 Å². The summed E-state index contributed by atoms with van der Waals surface area (Å²) in [5, 5.41) is 0.793. The lowest BCUT2D eigenvalue weighted by Gasteiger charge is -2.05. The van der Waals surface area contributed by atoms with Gasteiger partial charge in [0.05, 0.1) is 12.0 Å². The second kappa shape index (κ2) is 6.60. The third-order valence-electron chi connectivity index (χ3n) is 2.93. The molecular formula is C13H18N4O2S. The standard InChI is InChI=1S/C13H18N4O2S/c1-3-4-5-19-10(18)7-17-6-9(20-2)11-12(14)15-8-16-13(11)17/h6,8H,3-5,7H2,1-2H3,(H2,14,15,16). The number of esters is 1. The zero-order valence-electron chi connectivity index (χ0n) is 11.6. The molecule has 0 atom stereocenters. The first-order chi connectivity index (χ1) is 9.67. The van der Waals surface area contributed by atoms with Crippen molar-refractivity contribution in [3.05, 3.63) is 12.5 Å². The SMILES string of the molecule is CCCCOC(=O)Cn1cc(SC)c2c(N)ncnc21. The molecule has 0 aliphatic rings. The van der Waals surface area contributed by atoms with Crippen molar-refractivity contribution in [2.45, 2.75) is 31.2 Å². The molecule has 2 heterocycles. The van der Waals surface area contributed by atoms with Crippen molar-refractivity contribution < 1.29 is 9.53 Å². The van der Waals surface area contributed by atoms with E-state index in [0.29, 0.717) is 18.1 Å². The number of hydrogen-bond acceptors (Lipinski definition) is 6. The molecule has 0 aliphatic carbocycles. The minimum atomic E-state index is -0.264. The lowest BCUT2D eigenvalue weighted by atomic mass is 10.4. The zero-order chi connectivity index (χ0) is 14.5. The maximum Gasteiger partial charge on any atom is 0.326 e. The Morgan fingerprint density at radius 2 is 2.30 bits per heavy atom. The topological polar surface area (TPSA) is 83.0 Å². The highest BCUT2D eigenvalue weighted by molar-refractivity contribution is 7.98. The first kappa shape index (κ1) is 14.6. The second-order valence-corrected chi connectivity index (χ2v) is 5.20. The van der Waals surface area contributed by atoms with Crippen LogP contribution in [0.4, 0.5) is 5.82 Å². The number of unbranched alkanes of at least 4 members (excludes halogenated alkanes) is 1. The number of carbonyl (C=O) groups excluding carboxylic acids is 1. The molecule has 0 radical (unpaired) electrons. The lowest BCUT2D eigenvalue weighted by Crippen LogP contribution is -2.14. The van der Waals surface area contributed by atoms with Crippen molar-refractivity contribution in [1.82, 2.24) is 14.5 Å².